The van der Waals surface area contributed by atoms with E-state index in [-0.39, 0.29) is 17.1 Å². The molecule has 0 aliphatic heterocycles. The molecular formula is C11H14F3N3O2. The molecule has 0 fully saturated rings. The lowest BCUT2D eigenvalue weighted by Gasteiger charge is -2.18. The van der Waals surface area contributed by atoms with Crippen LogP contribution in [0.2, 0.25) is 0 Å². The molecule has 0 aliphatic carbocycles. The molecule has 0 spiro atoms. The van der Waals surface area contributed by atoms with E-state index in [4.69, 9.17) is 5.73 Å². The van der Waals surface area contributed by atoms with Crippen molar-refractivity contribution in [2.45, 2.75) is 25.6 Å². The Labute approximate surface area is 108 Å². The molecule has 0 aromatic carbocycles. The SMILES string of the molecule is COC(=O)c1ccnc(NC(C)CC(F)(F)F)c1N. The number of nitrogens with one attached hydrogen (secondary N) is 1. The molecule has 1 heterocycles. The van der Waals surface area contributed by atoms with Crippen LogP contribution in [0.4, 0.5) is 24.7 Å². The standard InChI is InChI=1S/C11H14F3N3O2/c1-6(5-11(12,13)14)17-9-8(15)7(3-4-16-9)10(18)19-2/h3-4,6H,5,15H2,1-2H3,(H,16,17). The number of pyridine rings is 1. The molecule has 1 atom stereocenters. The number of hydrogen-bond donors (Lipinski definition) is 2. The number of anilines is 2. The maximum Gasteiger partial charge on any atom is 0.391 e. The number of ether oxygens (including phenoxy) is 1. The van der Waals surface area contributed by atoms with Crippen LogP contribution < -0.4 is 11.1 Å². The first-order chi connectivity index (χ1) is 8.74. The molecule has 5 nitrogen and oxygen atoms in total. The van der Waals surface area contributed by atoms with Crippen molar-refractivity contribution in [3.63, 3.8) is 0 Å². The first-order valence-corrected chi connectivity index (χ1v) is 5.40. The number of nitrogen functional groups attached to an aromatic ring is 1. The number of esters is 1. The summed E-state index contributed by atoms with van der Waals surface area (Å²) in [4.78, 5) is 15.2. The molecule has 0 saturated carbocycles. The van der Waals surface area contributed by atoms with Gasteiger partial charge in [-0.15, -0.1) is 0 Å². The number of carbonyl (C=O) groups excluding carboxylic acids is 1. The van der Waals surface area contributed by atoms with Gasteiger partial charge in [-0.1, -0.05) is 0 Å². The quantitative estimate of drug-likeness (QED) is 0.825. The van der Waals surface area contributed by atoms with E-state index in [1.807, 2.05) is 0 Å². The highest BCUT2D eigenvalue weighted by Crippen LogP contribution is 2.26. The summed E-state index contributed by atoms with van der Waals surface area (Å²) in [5.74, 6) is -0.647. The summed E-state index contributed by atoms with van der Waals surface area (Å²) in [7, 11) is 1.18. The van der Waals surface area contributed by atoms with Crippen molar-refractivity contribution >= 4 is 17.5 Å². The Morgan fingerprint density at radius 1 is 1.58 bits per heavy atom. The zero-order chi connectivity index (χ0) is 14.6. The highest BCUT2D eigenvalue weighted by Gasteiger charge is 2.30. The molecule has 0 radical (unpaired) electrons. The van der Waals surface area contributed by atoms with Gasteiger partial charge in [0.05, 0.1) is 24.8 Å². The molecule has 19 heavy (non-hydrogen) atoms. The van der Waals surface area contributed by atoms with E-state index in [1.54, 1.807) is 0 Å². The molecule has 1 unspecified atom stereocenters. The molecule has 0 amide bonds. The topological polar surface area (TPSA) is 77.2 Å². The average Bonchev–Trinajstić information content (AvgIpc) is 2.28. The Morgan fingerprint density at radius 3 is 2.74 bits per heavy atom. The van der Waals surface area contributed by atoms with E-state index >= 15 is 0 Å². The summed E-state index contributed by atoms with van der Waals surface area (Å²) in [6.07, 6.45) is -4.05. The van der Waals surface area contributed by atoms with Gasteiger partial charge in [0.25, 0.3) is 0 Å². The van der Waals surface area contributed by atoms with Crippen LogP contribution in [-0.2, 0) is 4.74 Å². The van der Waals surface area contributed by atoms with Crippen molar-refractivity contribution in [3.05, 3.63) is 17.8 Å². The monoisotopic (exact) mass is 277 g/mol. The molecule has 0 aliphatic rings. The lowest BCUT2D eigenvalue weighted by atomic mass is 10.2. The zero-order valence-corrected chi connectivity index (χ0v) is 10.4. The first-order valence-electron chi connectivity index (χ1n) is 5.40. The Bertz CT molecular complexity index is 463. The van der Waals surface area contributed by atoms with Gasteiger partial charge in [-0.3, -0.25) is 0 Å². The van der Waals surface area contributed by atoms with Crippen molar-refractivity contribution in [3.8, 4) is 0 Å². The number of aromatic nitrogens is 1. The molecule has 3 N–H and O–H groups in total. The third-order valence-electron chi connectivity index (χ3n) is 2.32. The van der Waals surface area contributed by atoms with E-state index in [1.165, 1.54) is 26.3 Å². The van der Waals surface area contributed by atoms with Crippen LogP contribution in [-0.4, -0.2) is 30.3 Å². The van der Waals surface area contributed by atoms with Crippen molar-refractivity contribution < 1.29 is 22.7 Å². The van der Waals surface area contributed by atoms with Gasteiger partial charge in [0.1, 0.15) is 5.82 Å². The maximum absolute atomic E-state index is 12.2. The number of halogens is 3. The summed E-state index contributed by atoms with van der Waals surface area (Å²) < 4.78 is 41.1. The molecule has 0 saturated heterocycles. The summed E-state index contributed by atoms with van der Waals surface area (Å²) in [6.45, 7) is 1.35. The van der Waals surface area contributed by atoms with Gasteiger partial charge in [0, 0.05) is 12.2 Å². The molecule has 1 rings (SSSR count). The van der Waals surface area contributed by atoms with Gasteiger partial charge < -0.3 is 15.8 Å². The number of rotatable bonds is 4. The van der Waals surface area contributed by atoms with Gasteiger partial charge in [-0.2, -0.15) is 13.2 Å². The van der Waals surface area contributed by atoms with Gasteiger partial charge in [-0.05, 0) is 13.0 Å². The summed E-state index contributed by atoms with van der Waals surface area (Å²) in [5.41, 5.74) is 5.68. The summed E-state index contributed by atoms with van der Waals surface area (Å²) >= 11 is 0. The normalized spacial score (nSPS) is 12.9. The minimum Gasteiger partial charge on any atom is -0.465 e. The van der Waals surface area contributed by atoms with Crippen LogP contribution in [0.5, 0.6) is 0 Å². The summed E-state index contributed by atoms with van der Waals surface area (Å²) in [5, 5.41) is 2.52. The van der Waals surface area contributed by atoms with Crippen LogP contribution in [0.25, 0.3) is 0 Å². The van der Waals surface area contributed by atoms with Crippen LogP contribution in [0, 0.1) is 0 Å². The van der Waals surface area contributed by atoms with Crippen molar-refractivity contribution in [2.24, 2.45) is 0 Å². The minimum absolute atomic E-state index is 0.0275. The molecule has 0 bridgehead atoms. The third-order valence-corrected chi connectivity index (χ3v) is 2.32. The zero-order valence-electron chi connectivity index (χ0n) is 10.4. The Kier molecular flexibility index (Phi) is 4.57. The number of nitrogens with zero attached hydrogens (tertiary/aromatic N) is 1. The van der Waals surface area contributed by atoms with E-state index in [2.05, 4.69) is 15.0 Å². The fourth-order valence-corrected chi connectivity index (χ4v) is 1.51. The van der Waals surface area contributed by atoms with Crippen LogP contribution in [0.15, 0.2) is 12.3 Å². The molecule has 106 valence electrons. The highest BCUT2D eigenvalue weighted by atomic mass is 19.4. The number of alkyl halides is 3. The minimum atomic E-state index is -4.29. The van der Waals surface area contributed by atoms with Crippen molar-refractivity contribution in [1.82, 2.24) is 4.98 Å². The number of methoxy groups -OCH3 is 1. The predicted molar refractivity (Wildman–Crippen MR) is 63.7 cm³/mol. The van der Waals surface area contributed by atoms with Gasteiger partial charge in [-0.25, -0.2) is 9.78 Å². The van der Waals surface area contributed by atoms with E-state index in [0.29, 0.717) is 0 Å². The Hall–Kier alpha value is -1.99. The fourth-order valence-electron chi connectivity index (χ4n) is 1.51. The lowest BCUT2D eigenvalue weighted by Crippen LogP contribution is -2.25. The number of nitrogens with two attached hydrogens (primary N) is 1. The Morgan fingerprint density at radius 2 is 2.21 bits per heavy atom. The largest absolute Gasteiger partial charge is 0.465 e. The van der Waals surface area contributed by atoms with Crippen molar-refractivity contribution in [2.75, 3.05) is 18.2 Å². The highest BCUT2D eigenvalue weighted by molar-refractivity contribution is 5.97. The second-order valence-electron chi connectivity index (χ2n) is 3.98. The smallest absolute Gasteiger partial charge is 0.391 e. The molecular weight excluding hydrogens is 263 g/mol. The predicted octanol–water partition coefficient (Wildman–Crippen LogP) is 2.20. The third kappa shape index (κ3) is 4.31. The van der Waals surface area contributed by atoms with Crippen LogP contribution in [0.1, 0.15) is 23.7 Å². The second kappa shape index (κ2) is 5.77. The first kappa shape index (κ1) is 15.1. The van der Waals surface area contributed by atoms with E-state index in [0.717, 1.165) is 0 Å². The lowest BCUT2D eigenvalue weighted by molar-refractivity contribution is -0.136. The summed E-state index contributed by atoms with van der Waals surface area (Å²) in [6, 6.07) is 0.420. The average molecular weight is 277 g/mol. The van der Waals surface area contributed by atoms with Crippen LogP contribution in [0.3, 0.4) is 0 Å². The second-order valence-corrected chi connectivity index (χ2v) is 3.98. The molecule has 1 aromatic rings. The number of carbonyl (C=O) groups is 1. The molecule has 1 aromatic heterocycles. The van der Waals surface area contributed by atoms with Gasteiger partial charge in [0.2, 0.25) is 0 Å². The Balaban J connectivity index is 2.88. The maximum atomic E-state index is 12.2. The van der Waals surface area contributed by atoms with Gasteiger partial charge >= 0.3 is 12.1 Å². The van der Waals surface area contributed by atoms with Gasteiger partial charge in [0.15, 0.2) is 0 Å². The van der Waals surface area contributed by atoms with Crippen molar-refractivity contribution in [1.29, 1.82) is 0 Å². The fraction of sp³-hybridized carbons (Fsp3) is 0.455. The van der Waals surface area contributed by atoms with Crippen LogP contribution >= 0.6 is 0 Å². The number of hydrogen-bond acceptors (Lipinski definition) is 5. The van der Waals surface area contributed by atoms with E-state index < -0.39 is 24.6 Å². The van der Waals surface area contributed by atoms with E-state index in [9.17, 15) is 18.0 Å². The molecule has 8 heteroatoms.